The Bertz CT molecular complexity index is 1180. The molecule has 0 aromatic rings. The van der Waals surface area contributed by atoms with Crippen LogP contribution in [0.5, 0.6) is 0 Å². The van der Waals surface area contributed by atoms with E-state index in [9.17, 15) is 14.4 Å². The van der Waals surface area contributed by atoms with Gasteiger partial charge in [0.05, 0.1) is 0 Å². The molecule has 76 heavy (non-hydrogen) atoms. The van der Waals surface area contributed by atoms with E-state index in [1.54, 1.807) is 0 Å². The number of allylic oxidation sites excluding steroid dienone is 2. The molecule has 0 heterocycles. The van der Waals surface area contributed by atoms with Gasteiger partial charge < -0.3 is 14.2 Å². The lowest BCUT2D eigenvalue weighted by Gasteiger charge is -2.18. The Morgan fingerprint density at radius 1 is 0.250 bits per heavy atom. The Morgan fingerprint density at radius 2 is 0.434 bits per heavy atom. The quantitative estimate of drug-likeness (QED) is 0.0261. The number of ether oxygens (including phenoxy) is 3. The van der Waals surface area contributed by atoms with Gasteiger partial charge in [0.1, 0.15) is 13.2 Å². The minimum absolute atomic E-state index is 0.0629. The Hall–Kier alpha value is -1.85. The summed E-state index contributed by atoms with van der Waals surface area (Å²) in [6, 6.07) is 0. The fraction of sp³-hybridized carbons (Fsp3) is 0.929. The predicted octanol–water partition coefficient (Wildman–Crippen LogP) is 23.6. The molecule has 6 heteroatoms. The first-order valence-corrected chi connectivity index (χ1v) is 34.7. The largest absolute Gasteiger partial charge is 0.462 e. The third-order valence-electron chi connectivity index (χ3n) is 16.0. The van der Waals surface area contributed by atoms with Crippen LogP contribution in [0.3, 0.4) is 0 Å². The van der Waals surface area contributed by atoms with Gasteiger partial charge in [-0.3, -0.25) is 14.4 Å². The number of hydrogen-bond acceptors (Lipinski definition) is 6. The second kappa shape index (κ2) is 65.7. The maximum Gasteiger partial charge on any atom is 0.306 e. The van der Waals surface area contributed by atoms with E-state index in [-0.39, 0.29) is 31.1 Å². The highest BCUT2D eigenvalue weighted by atomic mass is 16.6. The van der Waals surface area contributed by atoms with Crippen LogP contribution in [0, 0.1) is 0 Å². The molecule has 450 valence electrons. The van der Waals surface area contributed by atoms with Crippen LogP contribution >= 0.6 is 0 Å². The molecule has 0 aliphatic rings. The summed E-state index contributed by atoms with van der Waals surface area (Å²) in [7, 11) is 0. The zero-order valence-corrected chi connectivity index (χ0v) is 51.8. The first-order chi connectivity index (χ1) is 37.5. The van der Waals surface area contributed by atoms with Crippen molar-refractivity contribution in [1.29, 1.82) is 0 Å². The first-order valence-electron chi connectivity index (χ1n) is 34.7. The van der Waals surface area contributed by atoms with Gasteiger partial charge in [0.15, 0.2) is 6.10 Å². The van der Waals surface area contributed by atoms with E-state index in [4.69, 9.17) is 14.2 Å². The van der Waals surface area contributed by atoms with Crippen molar-refractivity contribution in [1.82, 2.24) is 0 Å². The first kappa shape index (κ1) is 74.2. The number of unbranched alkanes of at least 4 members (excludes halogenated alkanes) is 52. The van der Waals surface area contributed by atoms with Crippen molar-refractivity contribution in [3.05, 3.63) is 12.2 Å². The van der Waals surface area contributed by atoms with Crippen molar-refractivity contribution in [3.8, 4) is 0 Å². The molecule has 0 fully saturated rings. The molecular weight excluding hydrogens is 937 g/mol. The van der Waals surface area contributed by atoms with E-state index in [0.717, 1.165) is 57.8 Å². The van der Waals surface area contributed by atoms with E-state index in [1.807, 2.05) is 0 Å². The third-order valence-corrected chi connectivity index (χ3v) is 16.0. The minimum Gasteiger partial charge on any atom is -0.462 e. The summed E-state index contributed by atoms with van der Waals surface area (Å²) >= 11 is 0. The summed E-state index contributed by atoms with van der Waals surface area (Å²) in [6.45, 7) is 6.73. The van der Waals surface area contributed by atoms with E-state index in [0.29, 0.717) is 19.3 Å². The monoisotopic (exact) mass is 1070 g/mol. The predicted molar refractivity (Wildman–Crippen MR) is 330 cm³/mol. The lowest BCUT2D eigenvalue weighted by atomic mass is 10.0. The maximum absolute atomic E-state index is 12.9. The van der Waals surface area contributed by atoms with Crippen molar-refractivity contribution < 1.29 is 28.6 Å². The average molecular weight is 1070 g/mol. The molecule has 0 N–H and O–H groups in total. The van der Waals surface area contributed by atoms with Gasteiger partial charge in [-0.05, 0) is 44.9 Å². The molecule has 0 aromatic carbocycles. The van der Waals surface area contributed by atoms with Crippen LogP contribution in [0.15, 0.2) is 12.2 Å². The van der Waals surface area contributed by atoms with Gasteiger partial charge in [-0.1, -0.05) is 348 Å². The lowest BCUT2D eigenvalue weighted by Crippen LogP contribution is -2.30. The second-order valence-electron chi connectivity index (χ2n) is 23.8. The molecule has 0 saturated heterocycles. The Balaban J connectivity index is 4.24. The summed E-state index contributed by atoms with van der Waals surface area (Å²) in [5, 5.41) is 0. The highest BCUT2D eigenvalue weighted by Gasteiger charge is 2.19. The van der Waals surface area contributed by atoms with Gasteiger partial charge >= 0.3 is 17.9 Å². The SMILES string of the molecule is CCCCCCCCCC/C=C\CCCCCCCCCCCCCC(=O)OCC(COC(=O)CCCCCCCCCCCCCCCC)OC(=O)CCCCCCCCCCCCCCCCCCCCCCC. The zero-order valence-electron chi connectivity index (χ0n) is 51.8. The topological polar surface area (TPSA) is 78.9 Å². The molecule has 1 unspecified atom stereocenters. The smallest absolute Gasteiger partial charge is 0.306 e. The molecule has 0 radical (unpaired) electrons. The van der Waals surface area contributed by atoms with Gasteiger partial charge in [-0.15, -0.1) is 0 Å². The normalized spacial score (nSPS) is 12.0. The molecule has 0 amide bonds. The Morgan fingerprint density at radius 3 is 0.658 bits per heavy atom. The third kappa shape index (κ3) is 63.0. The van der Waals surface area contributed by atoms with Gasteiger partial charge in [0.25, 0.3) is 0 Å². The molecule has 0 saturated carbocycles. The van der Waals surface area contributed by atoms with Crippen molar-refractivity contribution in [2.75, 3.05) is 13.2 Å². The number of rotatable bonds is 65. The Kier molecular flexibility index (Phi) is 64.1. The fourth-order valence-electron chi connectivity index (χ4n) is 10.8. The van der Waals surface area contributed by atoms with Crippen LogP contribution in [-0.2, 0) is 28.6 Å². The van der Waals surface area contributed by atoms with Crippen molar-refractivity contribution in [2.45, 2.75) is 406 Å². The molecule has 0 bridgehead atoms. The molecule has 0 aliphatic heterocycles. The van der Waals surface area contributed by atoms with Crippen molar-refractivity contribution in [3.63, 3.8) is 0 Å². The van der Waals surface area contributed by atoms with Crippen LogP contribution in [0.1, 0.15) is 400 Å². The van der Waals surface area contributed by atoms with E-state index in [1.165, 1.54) is 302 Å². The van der Waals surface area contributed by atoms with E-state index < -0.39 is 6.10 Å². The van der Waals surface area contributed by atoms with Crippen LogP contribution < -0.4 is 0 Å². The van der Waals surface area contributed by atoms with Crippen molar-refractivity contribution >= 4 is 17.9 Å². The Labute approximate surface area is 475 Å². The summed E-state index contributed by atoms with van der Waals surface area (Å²) in [5.41, 5.74) is 0. The van der Waals surface area contributed by atoms with Gasteiger partial charge in [0, 0.05) is 19.3 Å². The summed E-state index contributed by atoms with van der Waals surface area (Å²) < 4.78 is 17.0. The van der Waals surface area contributed by atoms with Gasteiger partial charge in [0.2, 0.25) is 0 Å². The highest BCUT2D eigenvalue weighted by molar-refractivity contribution is 5.71. The van der Waals surface area contributed by atoms with Crippen molar-refractivity contribution in [2.24, 2.45) is 0 Å². The second-order valence-corrected chi connectivity index (χ2v) is 23.8. The van der Waals surface area contributed by atoms with Crippen LogP contribution in [0.4, 0.5) is 0 Å². The molecule has 1 atom stereocenters. The van der Waals surface area contributed by atoms with Crippen LogP contribution in [0.25, 0.3) is 0 Å². The number of carbonyl (C=O) groups excluding carboxylic acids is 3. The number of esters is 3. The summed E-state index contributed by atoms with van der Waals surface area (Å²) in [6.07, 6.45) is 78.0. The summed E-state index contributed by atoms with van der Waals surface area (Å²) in [4.78, 5) is 38.4. The minimum atomic E-state index is -0.766. The van der Waals surface area contributed by atoms with Crippen LogP contribution in [-0.4, -0.2) is 37.2 Å². The zero-order chi connectivity index (χ0) is 55.0. The molecule has 6 nitrogen and oxygen atoms in total. The van der Waals surface area contributed by atoms with Gasteiger partial charge in [-0.25, -0.2) is 0 Å². The molecule has 0 rings (SSSR count). The number of hydrogen-bond donors (Lipinski definition) is 0. The average Bonchev–Trinajstić information content (AvgIpc) is 3.42. The van der Waals surface area contributed by atoms with E-state index in [2.05, 4.69) is 32.9 Å². The van der Waals surface area contributed by atoms with Crippen LogP contribution in [0.2, 0.25) is 0 Å². The standard InChI is InChI=1S/C70H134O6/c1-4-7-10-13-16-19-22-25-28-30-32-34-35-37-38-40-42-45-48-51-54-57-60-63-69(72)75-66-67(65-74-68(71)62-59-56-53-50-47-44-27-24-21-18-15-12-9-6-3)76-70(73)64-61-58-55-52-49-46-43-41-39-36-33-31-29-26-23-20-17-14-11-8-5-2/h30,32,67H,4-29,31,33-66H2,1-3H3/b32-30-. The molecule has 0 aliphatic carbocycles. The molecule has 0 spiro atoms. The van der Waals surface area contributed by atoms with Gasteiger partial charge in [-0.2, -0.15) is 0 Å². The molecule has 0 aromatic heterocycles. The summed E-state index contributed by atoms with van der Waals surface area (Å²) in [5.74, 6) is -0.828. The highest BCUT2D eigenvalue weighted by Crippen LogP contribution is 2.19. The number of carbonyl (C=O) groups is 3. The van der Waals surface area contributed by atoms with E-state index >= 15 is 0 Å². The fourth-order valence-corrected chi connectivity index (χ4v) is 10.8. The molecular formula is C70H134O6. The lowest BCUT2D eigenvalue weighted by molar-refractivity contribution is -0.167. The maximum atomic E-state index is 12.9.